The van der Waals surface area contributed by atoms with Gasteiger partial charge >= 0.3 is 152 Å². The molecule has 1 aromatic rings. The first kappa shape index (κ1) is 21.0. The maximum absolute atomic E-state index is 11.7. The summed E-state index contributed by atoms with van der Waals surface area (Å²) in [5.74, 6) is -1.66. The summed E-state index contributed by atoms with van der Waals surface area (Å²) >= 11 is -5.50. The van der Waals surface area contributed by atoms with Crippen molar-refractivity contribution in [3.05, 3.63) is 12.1 Å². The Morgan fingerprint density at radius 3 is 1.32 bits per heavy atom. The molecule has 25 heavy (non-hydrogen) atoms. The number of rotatable bonds is 7. The second-order valence-corrected chi connectivity index (χ2v) is 13.4. The molecule has 0 heterocycles. The van der Waals surface area contributed by atoms with Gasteiger partial charge in [0.1, 0.15) is 0 Å². The number of methoxy groups -OCH3 is 3. The number of benzene rings is 1. The van der Waals surface area contributed by atoms with Gasteiger partial charge in [0.05, 0.1) is 0 Å². The zero-order valence-corrected chi connectivity index (χ0v) is 18.7. The van der Waals surface area contributed by atoms with Crippen molar-refractivity contribution in [2.45, 2.75) is 20.8 Å². The molecule has 0 aromatic heterocycles. The monoisotopic (exact) mass is 552 g/mol. The molecule has 0 atom stereocenters. The third-order valence-corrected chi connectivity index (χ3v) is 13.6. The van der Waals surface area contributed by atoms with Crippen LogP contribution in [-0.4, -0.2) is 61.8 Å². The van der Waals surface area contributed by atoms with Crippen molar-refractivity contribution in [2.24, 2.45) is 0 Å². The second kappa shape index (κ2) is 8.87. The van der Waals surface area contributed by atoms with Gasteiger partial charge in [-0.05, 0) is 0 Å². The fourth-order valence-corrected chi connectivity index (χ4v) is 11.9. The van der Waals surface area contributed by atoms with E-state index >= 15 is 0 Å². The van der Waals surface area contributed by atoms with Gasteiger partial charge in [0.2, 0.25) is 0 Å². The average Bonchev–Trinajstić information content (AvgIpc) is 2.51. The summed E-state index contributed by atoms with van der Waals surface area (Å²) < 4.78 is 31.8. The van der Waals surface area contributed by atoms with Gasteiger partial charge in [0, 0.05) is 0 Å². The molecular weight excluding hydrogens is 531 g/mol. The fourth-order valence-electron chi connectivity index (χ4n) is 2.09. The number of hydrogen-bond donors (Lipinski definition) is 0. The number of carbonyl (C=O) groups excluding carboxylic acids is 3. The Kier molecular flexibility index (Phi) is 7.45. The molecule has 10 heteroatoms. The van der Waals surface area contributed by atoms with Crippen molar-refractivity contribution in [1.82, 2.24) is 0 Å². The molecule has 138 valence electrons. The Bertz CT molecular complexity index is 605. The van der Waals surface area contributed by atoms with E-state index in [1.165, 1.54) is 33.5 Å². The molecule has 0 fully saturated rings. The molecule has 0 saturated heterocycles. The van der Waals surface area contributed by atoms with Crippen molar-refractivity contribution in [2.75, 3.05) is 21.3 Å². The zero-order chi connectivity index (χ0) is 19.2. The zero-order valence-electron chi connectivity index (χ0n) is 14.8. The van der Waals surface area contributed by atoms with Gasteiger partial charge in [0.15, 0.2) is 0 Å². The Balaban J connectivity index is 3.79. The van der Waals surface area contributed by atoms with E-state index in [1.807, 2.05) is 0 Å². The van der Waals surface area contributed by atoms with E-state index in [2.05, 4.69) is 0 Å². The SMILES string of the molecule is COc1cc(OC)[c]([Pb]([O]C(C)=O)([O]C(C)=O)[O]C(C)=O)c(OC)c1. The van der Waals surface area contributed by atoms with Crippen molar-refractivity contribution >= 4 is 43.6 Å². The normalized spacial score (nSPS) is 10.5. The average molecular weight is 552 g/mol. The van der Waals surface area contributed by atoms with Crippen molar-refractivity contribution in [3.63, 3.8) is 0 Å². The summed E-state index contributed by atoms with van der Waals surface area (Å²) in [6, 6.07) is 2.95. The summed E-state index contributed by atoms with van der Waals surface area (Å²) in [6.07, 6.45) is 0. The number of ether oxygens (including phenoxy) is 3. The van der Waals surface area contributed by atoms with E-state index in [9.17, 15) is 14.4 Å². The number of hydrogen-bond acceptors (Lipinski definition) is 9. The summed E-state index contributed by atoms with van der Waals surface area (Å²) in [5, 5.41) is 0. The topological polar surface area (TPSA) is 107 Å². The second-order valence-electron chi connectivity index (χ2n) is 4.74. The first-order valence-electron chi connectivity index (χ1n) is 7.08. The van der Waals surface area contributed by atoms with E-state index in [0.717, 1.165) is 20.8 Å². The predicted octanol–water partition coefficient (Wildman–Crippen LogP) is 0.548. The Morgan fingerprint density at radius 1 is 0.720 bits per heavy atom. The van der Waals surface area contributed by atoms with Crippen molar-refractivity contribution in [1.29, 1.82) is 0 Å². The molecule has 0 aliphatic carbocycles. The van der Waals surface area contributed by atoms with Gasteiger partial charge in [-0.2, -0.15) is 0 Å². The number of carbonyl (C=O) groups is 3. The molecule has 0 saturated carbocycles. The third-order valence-electron chi connectivity index (χ3n) is 2.86. The summed E-state index contributed by atoms with van der Waals surface area (Å²) in [5.41, 5.74) is 0. The molecule has 0 N–H and O–H groups in total. The quantitative estimate of drug-likeness (QED) is 0.449. The van der Waals surface area contributed by atoms with Crippen molar-refractivity contribution < 1.29 is 36.7 Å². The molecule has 1 aromatic carbocycles. The molecule has 1 rings (SSSR count). The van der Waals surface area contributed by atoms with Crippen LogP contribution in [0.1, 0.15) is 20.8 Å². The minimum atomic E-state index is -5.50. The van der Waals surface area contributed by atoms with Crippen LogP contribution in [-0.2, 0) is 22.4 Å². The first-order chi connectivity index (χ1) is 11.7. The third kappa shape index (κ3) is 5.21. The standard InChI is InChI=1S/C9H11O3.3C2H4O2.Pb/c1-10-7-4-8(11-2)6-9(5-7)12-3;3*1-2(3)4;/h4-5H,1-3H3;3*1H3,(H,3,4);/q;;;;+3/p-3. The Labute approximate surface area is 151 Å². The summed E-state index contributed by atoms with van der Waals surface area (Å²) in [7, 11) is 4.15. The van der Waals surface area contributed by atoms with Crippen LogP contribution in [0.15, 0.2) is 12.1 Å². The van der Waals surface area contributed by atoms with Gasteiger partial charge in [-0.15, -0.1) is 0 Å². The van der Waals surface area contributed by atoms with Crippen LogP contribution in [0.25, 0.3) is 0 Å². The molecule has 0 unspecified atom stereocenters. The van der Waals surface area contributed by atoms with Crippen LogP contribution in [0, 0.1) is 0 Å². The first-order valence-corrected chi connectivity index (χ1v) is 13.8. The van der Waals surface area contributed by atoms with Crippen LogP contribution >= 0.6 is 0 Å². The van der Waals surface area contributed by atoms with E-state index in [1.54, 1.807) is 0 Å². The Morgan fingerprint density at radius 2 is 1.08 bits per heavy atom. The molecule has 0 aliphatic rings. The van der Waals surface area contributed by atoms with Gasteiger partial charge in [-0.25, -0.2) is 0 Å². The van der Waals surface area contributed by atoms with Crippen LogP contribution in [0.5, 0.6) is 17.2 Å². The van der Waals surface area contributed by atoms with E-state index < -0.39 is 40.4 Å². The molecule has 9 nitrogen and oxygen atoms in total. The molecule has 0 bridgehead atoms. The molecule has 0 radical (unpaired) electrons. The van der Waals surface area contributed by atoms with Crippen LogP contribution < -0.4 is 17.3 Å². The molecule has 0 amide bonds. The fraction of sp³-hybridized carbons (Fsp3) is 0.400. The molecular formula is C15H20O9Pb. The summed E-state index contributed by atoms with van der Waals surface area (Å²) in [6.45, 7) is 3.35. The minimum absolute atomic E-state index is 0.0962. The van der Waals surface area contributed by atoms with Gasteiger partial charge in [-0.3, -0.25) is 0 Å². The van der Waals surface area contributed by atoms with Crippen LogP contribution in [0.2, 0.25) is 0 Å². The van der Waals surface area contributed by atoms with E-state index in [-0.39, 0.29) is 14.6 Å². The van der Waals surface area contributed by atoms with Gasteiger partial charge in [-0.1, -0.05) is 0 Å². The van der Waals surface area contributed by atoms with Crippen LogP contribution in [0.3, 0.4) is 0 Å². The molecule has 0 spiro atoms. The van der Waals surface area contributed by atoms with Crippen molar-refractivity contribution in [3.8, 4) is 17.2 Å². The summed E-state index contributed by atoms with van der Waals surface area (Å²) in [4.78, 5) is 35.0. The van der Waals surface area contributed by atoms with Crippen LogP contribution in [0.4, 0.5) is 0 Å². The van der Waals surface area contributed by atoms with Gasteiger partial charge in [0.25, 0.3) is 0 Å². The molecule has 0 aliphatic heterocycles. The Hall–Kier alpha value is -2.05. The maximum atomic E-state index is 11.7. The van der Waals surface area contributed by atoms with Gasteiger partial charge < -0.3 is 0 Å². The van der Waals surface area contributed by atoms with E-state index in [4.69, 9.17) is 22.3 Å². The van der Waals surface area contributed by atoms with E-state index in [0.29, 0.717) is 5.75 Å². The predicted molar refractivity (Wildman–Crippen MR) is 86.8 cm³/mol.